The highest BCUT2D eigenvalue weighted by molar-refractivity contribution is 5.97. The second-order valence-electron chi connectivity index (χ2n) is 8.54. The van der Waals surface area contributed by atoms with E-state index in [-0.39, 0.29) is 11.8 Å². The van der Waals surface area contributed by atoms with Crippen molar-refractivity contribution in [1.29, 1.82) is 0 Å². The SMILES string of the molecule is Cn1cncc1CN1CCC2(C/C=C/CNC(=O)c3ccccc3OCCNC2=O)CC1. The van der Waals surface area contributed by atoms with Gasteiger partial charge in [-0.3, -0.25) is 14.5 Å². The number of nitrogens with one attached hydrogen (secondary N) is 2. The molecule has 0 atom stereocenters. The lowest BCUT2D eigenvalue weighted by Crippen LogP contribution is -2.49. The van der Waals surface area contributed by atoms with E-state index in [0.717, 1.165) is 32.5 Å². The Morgan fingerprint density at radius 2 is 1.94 bits per heavy atom. The van der Waals surface area contributed by atoms with Crippen molar-refractivity contribution in [3.8, 4) is 5.75 Å². The van der Waals surface area contributed by atoms with Crippen LogP contribution in [-0.2, 0) is 18.4 Å². The van der Waals surface area contributed by atoms with Gasteiger partial charge in [-0.15, -0.1) is 0 Å². The highest BCUT2D eigenvalue weighted by Crippen LogP contribution is 2.36. The number of aromatic nitrogens is 2. The Hall–Kier alpha value is -3.13. The van der Waals surface area contributed by atoms with E-state index in [1.165, 1.54) is 5.69 Å². The van der Waals surface area contributed by atoms with Crippen LogP contribution in [0.4, 0.5) is 0 Å². The van der Waals surface area contributed by atoms with E-state index in [1.807, 2.05) is 48.4 Å². The van der Waals surface area contributed by atoms with Crippen molar-refractivity contribution in [2.24, 2.45) is 12.5 Å². The molecule has 1 aromatic heterocycles. The second-order valence-corrected chi connectivity index (χ2v) is 8.54. The quantitative estimate of drug-likeness (QED) is 0.701. The summed E-state index contributed by atoms with van der Waals surface area (Å²) in [5.41, 5.74) is 1.23. The van der Waals surface area contributed by atoms with Crippen molar-refractivity contribution in [3.63, 3.8) is 0 Å². The van der Waals surface area contributed by atoms with Crippen LogP contribution >= 0.6 is 0 Å². The molecular formula is C24H31N5O3. The van der Waals surface area contributed by atoms with Gasteiger partial charge in [0, 0.05) is 26.3 Å². The number of benzene rings is 1. The molecule has 0 saturated carbocycles. The Labute approximate surface area is 188 Å². The van der Waals surface area contributed by atoms with Gasteiger partial charge in [0.25, 0.3) is 5.91 Å². The van der Waals surface area contributed by atoms with Gasteiger partial charge in [-0.25, -0.2) is 4.98 Å². The maximum Gasteiger partial charge on any atom is 0.255 e. The number of hydrogen-bond acceptors (Lipinski definition) is 5. The molecule has 0 aliphatic carbocycles. The number of aryl methyl sites for hydroxylation is 1. The Morgan fingerprint density at radius 1 is 1.12 bits per heavy atom. The lowest BCUT2D eigenvalue weighted by Gasteiger charge is -2.40. The van der Waals surface area contributed by atoms with Crippen molar-refractivity contribution in [1.82, 2.24) is 25.1 Å². The van der Waals surface area contributed by atoms with Gasteiger partial charge in [-0.1, -0.05) is 24.3 Å². The molecule has 2 aliphatic heterocycles. The van der Waals surface area contributed by atoms with Crippen LogP contribution in [0.25, 0.3) is 0 Å². The zero-order valence-corrected chi connectivity index (χ0v) is 18.5. The first-order valence-corrected chi connectivity index (χ1v) is 11.2. The van der Waals surface area contributed by atoms with Gasteiger partial charge >= 0.3 is 0 Å². The van der Waals surface area contributed by atoms with Gasteiger partial charge in [0.05, 0.1) is 29.5 Å². The molecule has 0 unspecified atom stereocenters. The smallest absolute Gasteiger partial charge is 0.255 e. The minimum absolute atomic E-state index is 0.0836. The largest absolute Gasteiger partial charge is 0.491 e. The molecule has 4 rings (SSSR count). The van der Waals surface area contributed by atoms with Crippen LogP contribution in [0, 0.1) is 5.41 Å². The van der Waals surface area contributed by atoms with Crippen molar-refractivity contribution >= 4 is 11.8 Å². The van der Waals surface area contributed by atoms with Crippen LogP contribution in [0.2, 0.25) is 0 Å². The number of hydrogen-bond donors (Lipinski definition) is 2. The van der Waals surface area contributed by atoms with Crippen molar-refractivity contribution < 1.29 is 14.3 Å². The number of rotatable bonds is 2. The molecule has 8 heteroatoms. The van der Waals surface area contributed by atoms with Crippen LogP contribution in [-0.4, -0.2) is 59.1 Å². The van der Waals surface area contributed by atoms with E-state index in [1.54, 1.807) is 12.1 Å². The molecule has 170 valence electrons. The predicted octanol–water partition coefficient (Wildman–Crippen LogP) is 1.89. The molecule has 2 amide bonds. The van der Waals surface area contributed by atoms with Crippen molar-refractivity contribution in [3.05, 3.63) is 60.2 Å². The average Bonchev–Trinajstić information content (AvgIpc) is 3.21. The fourth-order valence-electron chi connectivity index (χ4n) is 4.36. The maximum atomic E-state index is 13.2. The average molecular weight is 438 g/mol. The number of amides is 2. The van der Waals surface area contributed by atoms with Gasteiger partial charge in [0.2, 0.25) is 5.91 Å². The molecule has 1 aromatic carbocycles. The third-order valence-electron chi connectivity index (χ3n) is 6.43. The Morgan fingerprint density at radius 3 is 2.72 bits per heavy atom. The molecule has 2 aliphatic rings. The molecule has 0 radical (unpaired) electrons. The Balaban J connectivity index is 1.42. The number of carbonyl (C=O) groups is 2. The van der Waals surface area contributed by atoms with Crippen LogP contribution < -0.4 is 15.4 Å². The van der Waals surface area contributed by atoms with E-state index in [4.69, 9.17) is 4.74 Å². The lowest BCUT2D eigenvalue weighted by atomic mass is 9.74. The topological polar surface area (TPSA) is 88.5 Å². The van der Waals surface area contributed by atoms with Gasteiger partial charge < -0.3 is 19.9 Å². The summed E-state index contributed by atoms with van der Waals surface area (Å²) in [6.07, 6.45) is 9.92. The third kappa shape index (κ3) is 5.02. The number of likely N-dealkylation sites (tertiary alicyclic amines) is 1. The summed E-state index contributed by atoms with van der Waals surface area (Å²) in [4.78, 5) is 32.3. The van der Waals surface area contributed by atoms with E-state index in [0.29, 0.717) is 37.4 Å². The first-order valence-electron chi connectivity index (χ1n) is 11.2. The molecule has 1 fully saturated rings. The van der Waals surface area contributed by atoms with E-state index >= 15 is 0 Å². The number of piperidine rings is 1. The number of carbonyl (C=O) groups excluding carboxylic acids is 2. The summed E-state index contributed by atoms with van der Waals surface area (Å²) in [5, 5.41) is 5.99. The van der Waals surface area contributed by atoms with Crippen molar-refractivity contribution in [2.75, 3.05) is 32.8 Å². The molecular weight excluding hydrogens is 406 g/mol. The van der Waals surface area contributed by atoms with Gasteiger partial charge in [0.1, 0.15) is 12.4 Å². The molecule has 1 spiro atoms. The molecule has 0 bridgehead atoms. The first-order chi connectivity index (χ1) is 15.6. The van der Waals surface area contributed by atoms with E-state index in [2.05, 4.69) is 20.5 Å². The van der Waals surface area contributed by atoms with Crippen LogP contribution in [0.1, 0.15) is 35.3 Å². The number of ether oxygens (including phenoxy) is 1. The number of allylic oxidation sites excluding steroid dienone is 1. The number of nitrogens with zero attached hydrogens (tertiary/aromatic N) is 3. The molecule has 1 saturated heterocycles. The summed E-state index contributed by atoms with van der Waals surface area (Å²) in [5.74, 6) is 0.448. The molecule has 3 heterocycles. The number of fused-ring (bicyclic) bond motifs is 1. The fourth-order valence-corrected chi connectivity index (χ4v) is 4.36. The lowest BCUT2D eigenvalue weighted by molar-refractivity contribution is -0.134. The minimum Gasteiger partial charge on any atom is -0.491 e. The standard InChI is InChI=1S/C24H31N5O3/c1-28-18-25-16-19(28)17-29-13-9-24(10-14-29)8-4-5-11-26-22(30)20-6-2-3-7-21(20)32-15-12-27-23(24)31/h2-7,16,18H,8-15,17H2,1H3,(H,26,30)(H,27,31)/b5-4+. The van der Waals surface area contributed by atoms with Gasteiger partial charge in [-0.2, -0.15) is 0 Å². The number of para-hydroxylation sites is 1. The highest BCUT2D eigenvalue weighted by atomic mass is 16.5. The summed E-state index contributed by atoms with van der Waals surface area (Å²) in [6, 6.07) is 7.17. The summed E-state index contributed by atoms with van der Waals surface area (Å²) < 4.78 is 7.84. The van der Waals surface area contributed by atoms with Crippen molar-refractivity contribution in [2.45, 2.75) is 25.8 Å². The van der Waals surface area contributed by atoms with E-state index < -0.39 is 5.41 Å². The molecule has 2 N–H and O–H groups in total. The molecule has 8 nitrogen and oxygen atoms in total. The minimum atomic E-state index is -0.439. The fraction of sp³-hybridized carbons (Fsp3) is 0.458. The molecule has 2 aromatic rings. The van der Waals surface area contributed by atoms with Gasteiger partial charge in [0.15, 0.2) is 0 Å². The van der Waals surface area contributed by atoms with Crippen LogP contribution in [0.15, 0.2) is 48.9 Å². The monoisotopic (exact) mass is 437 g/mol. The zero-order valence-electron chi connectivity index (χ0n) is 18.5. The predicted molar refractivity (Wildman–Crippen MR) is 121 cm³/mol. The third-order valence-corrected chi connectivity index (χ3v) is 6.43. The zero-order chi connectivity index (χ0) is 22.4. The highest BCUT2D eigenvalue weighted by Gasteiger charge is 2.40. The van der Waals surface area contributed by atoms with Gasteiger partial charge in [-0.05, 0) is 44.5 Å². The maximum absolute atomic E-state index is 13.2. The van der Waals surface area contributed by atoms with Crippen LogP contribution in [0.5, 0.6) is 5.75 Å². The Bertz CT molecular complexity index is 976. The first kappa shape index (κ1) is 22.1. The normalized spacial score (nSPS) is 21.0. The molecule has 32 heavy (non-hydrogen) atoms. The Kier molecular flexibility index (Phi) is 6.90. The second kappa shape index (κ2) is 9.99. The summed E-state index contributed by atoms with van der Waals surface area (Å²) >= 11 is 0. The van der Waals surface area contributed by atoms with E-state index in [9.17, 15) is 9.59 Å². The number of imidazole rings is 1. The summed E-state index contributed by atoms with van der Waals surface area (Å²) in [6.45, 7) is 3.68. The summed E-state index contributed by atoms with van der Waals surface area (Å²) in [7, 11) is 2.00. The van der Waals surface area contributed by atoms with Crippen LogP contribution in [0.3, 0.4) is 0 Å².